The summed E-state index contributed by atoms with van der Waals surface area (Å²) in [4.78, 5) is 3.40. The van der Waals surface area contributed by atoms with Crippen molar-refractivity contribution in [3.8, 4) is 0 Å². The Balaban J connectivity index is 0.747. The molecular formula is C56H91NO2. The van der Waals surface area contributed by atoms with Crippen molar-refractivity contribution in [1.82, 2.24) is 4.90 Å². The molecule has 10 saturated carbocycles. The van der Waals surface area contributed by atoms with E-state index in [4.69, 9.17) is 9.47 Å². The minimum absolute atomic E-state index is 0.519. The molecule has 12 aliphatic rings. The Morgan fingerprint density at radius 1 is 0.254 bits per heavy atom. The number of rotatable bonds is 6. The van der Waals surface area contributed by atoms with Crippen molar-refractivity contribution in [2.24, 2.45) is 82.9 Å². The van der Waals surface area contributed by atoms with E-state index in [1.165, 1.54) is 116 Å². The first-order valence-electron chi connectivity index (χ1n) is 28.3. The number of hydrogen-bond donors (Lipinski definition) is 0. The van der Waals surface area contributed by atoms with E-state index >= 15 is 0 Å². The molecule has 17 unspecified atom stereocenters. The van der Waals surface area contributed by atoms with Crippen LogP contribution in [0.3, 0.4) is 0 Å². The highest BCUT2D eigenvalue weighted by Gasteiger charge is 2.60. The molecule has 12 rings (SSSR count). The van der Waals surface area contributed by atoms with Gasteiger partial charge in [0, 0.05) is 24.0 Å². The lowest BCUT2D eigenvalue weighted by Gasteiger charge is -2.53. The minimum Gasteiger partial charge on any atom is -0.374 e. The third-order valence-electron chi connectivity index (χ3n) is 22.9. The molecular weight excluding hydrogens is 719 g/mol. The second kappa shape index (κ2) is 17.7. The van der Waals surface area contributed by atoms with Crippen molar-refractivity contribution in [1.29, 1.82) is 0 Å². The van der Waals surface area contributed by atoms with Crippen molar-refractivity contribution < 1.29 is 9.47 Å². The molecule has 0 radical (unpaired) electrons. The van der Waals surface area contributed by atoms with Crippen LogP contribution >= 0.6 is 0 Å². The molecule has 0 spiro atoms. The predicted molar refractivity (Wildman–Crippen MR) is 241 cm³/mol. The van der Waals surface area contributed by atoms with E-state index in [0.717, 1.165) is 101 Å². The largest absolute Gasteiger partial charge is 0.374 e. The molecule has 0 aromatic rings. The third kappa shape index (κ3) is 7.73. The highest BCUT2D eigenvalue weighted by Crippen LogP contribution is 2.59. The van der Waals surface area contributed by atoms with Gasteiger partial charge in [-0.2, -0.15) is 0 Å². The Hall–Kier alpha value is -0.120. The van der Waals surface area contributed by atoms with Crippen LogP contribution in [0.4, 0.5) is 0 Å². The van der Waals surface area contributed by atoms with Gasteiger partial charge in [-0.15, -0.1) is 0 Å². The van der Waals surface area contributed by atoms with Gasteiger partial charge in [0.2, 0.25) is 0 Å². The van der Waals surface area contributed by atoms with Crippen molar-refractivity contribution >= 4 is 0 Å². The molecule has 332 valence electrons. The summed E-state index contributed by atoms with van der Waals surface area (Å²) < 4.78 is 14.5. The standard InChI is InChI=1S/C56H91NO2/c1-2-12-40-34-41(23-22-36(40)10-1)37-24-28-43(29-25-37)57(44-30-26-39(27-31-44)47-18-8-13-38-11-3-4-16-46(38)47)45-15-7-14-42(35-45)48-19-9-20-49-50-32-33-53-54(56(50)59-55(48)49)51-17-5-6-21-52(51)58-53/h36-56H,1-35H2. The molecule has 2 aliphatic heterocycles. The topological polar surface area (TPSA) is 21.7 Å². The first-order valence-corrected chi connectivity index (χ1v) is 28.3. The van der Waals surface area contributed by atoms with Gasteiger partial charge in [0.15, 0.2) is 0 Å². The maximum absolute atomic E-state index is 7.64. The zero-order valence-electron chi connectivity index (χ0n) is 38.1. The van der Waals surface area contributed by atoms with Gasteiger partial charge < -0.3 is 9.47 Å². The Kier molecular flexibility index (Phi) is 12.1. The minimum atomic E-state index is 0.519. The van der Waals surface area contributed by atoms with Crippen molar-refractivity contribution in [3.63, 3.8) is 0 Å². The maximum atomic E-state index is 7.64. The second-order valence-electron chi connectivity index (χ2n) is 25.1. The molecule has 0 N–H and O–H groups in total. The van der Waals surface area contributed by atoms with Crippen LogP contribution in [0.1, 0.15) is 225 Å². The lowest BCUT2D eigenvalue weighted by atomic mass is 9.59. The molecule has 17 atom stereocenters. The van der Waals surface area contributed by atoms with E-state index in [2.05, 4.69) is 4.90 Å². The van der Waals surface area contributed by atoms with Gasteiger partial charge in [0.1, 0.15) is 0 Å². The fourth-order valence-electron chi connectivity index (χ4n) is 20.4. The molecule has 0 aromatic carbocycles. The number of ether oxygens (including phenoxy) is 2. The highest BCUT2D eigenvalue weighted by molar-refractivity contribution is 5.08. The summed E-state index contributed by atoms with van der Waals surface area (Å²) >= 11 is 0. The fourth-order valence-corrected chi connectivity index (χ4v) is 20.4. The average molecular weight is 810 g/mol. The molecule has 12 fully saturated rings. The molecule has 2 heterocycles. The average Bonchev–Trinajstić information content (AvgIpc) is 3.88. The van der Waals surface area contributed by atoms with Gasteiger partial charge in [0.25, 0.3) is 0 Å². The molecule has 0 bridgehead atoms. The predicted octanol–water partition coefficient (Wildman–Crippen LogP) is 14.3. The van der Waals surface area contributed by atoms with E-state index in [1.54, 1.807) is 109 Å². The summed E-state index contributed by atoms with van der Waals surface area (Å²) in [6.07, 6.45) is 55.3. The molecule has 10 aliphatic carbocycles. The van der Waals surface area contributed by atoms with Crippen LogP contribution in [-0.4, -0.2) is 47.4 Å². The van der Waals surface area contributed by atoms with Crippen LogP contribution in [0.25, 0.3) is 0 Å². The zero-order chi connectivity index (χ0) is 38.9. The number of fused-ring (bicyclic) bond motifs is 9. The zero-order valence-corrected chi connectivity index (χ0v) is 38.1. The van der Waals surface area contributed by atoms with Gasteiger partial charge in [-0.25, -0.2) is 0 Å². The van der Waals surface area contributed by atoms with Crippen LogP contribution < -0.4 is 0 Å². The van der Waals surface area contributed by atoms with E-state index in [0.29, 0.717) is 24.4 Å². The van der Waals surface area contributed by atoms with Gasteiger partial charge in [-0.1, -0.05) is 83.5 Å². The summed E-state index contributed by atoms with van der Waals surface area (Å²) in [5.74, 6) is 13.6. The molecule has 59 heavy (non-hydrogen) atoms. The van der Waals surface area contributed by atoms with Crippen molar-refractivity contribution in [2.45, 2.75) is 267 Å². The van der Waals surface area contributed by atoms with E-state index in [9.17, 15) is 0 Å². The van der Waals surface area contributed by atoms with Crippen LogP contribution in [0.2, 0.25) is 0 Å². The monoisotopic (exact) mass is 810 g/mol. The SMILES string of the molecule is C1CCC2CC(C3CCC(N(C4CCC(C5CCCC6CCCCC65)CC4)C4CCCC(C5CCCC6C7CCC8OC9CCCCC9C8C7OC56)C4)CC3)CCC2C1. The number of hydrogen-bond acceptors (Lipinski definition) is 3. The molecule has 0 aromatic heterocycles. The normalized spacial score (nSPS) is 53.9. The highest BCUT2D eigenvalue weighted by atomic mass is 16.5. The lowest BCUT2D eigenvalue weighted by Crippen LogP contribution is -2.54. The summed E-state index contributed by atoms with van der Waals surface area (Å²) in [6, 6.07) is 2.62. The quantitative estimate of drug-likeness (QED) is 0.267. The van der Waals surface area contributed by atoms with Gasteiger partial charge in [-0.3, -0.25) is 4.90 Å². The first-order chi connectivity index (χ1) is 29.2. The van der Waals surface area contributed by atoms with E-state index < -0.39 is 0 Å². The molecule has 0 amide bonds. The second-order valence-corrected chi connectivity index (χ2v) is 25.1. The lowest BCUT2D eigenvalue weighted by molar-refractivity contribution is -0.0901. The van der Waals surface area contributed by atoms with Crippen LogP contribution in [0.15, 0.2) is 0 Å². The van der Waals surface area contributed by atoms with Crippen molar-refractivity contribution in [3.05, 3.63) is 0 Å². The number of nitrogens with zero attached hydrogens (tertiary/aromatic N) is 1. The van der Waals surface area contributed by atoms with Crippen LogP contribution in [0, 0.1) is 82.9 Å². The molecule has 3 nitrogen and oxygen atoms in total. The Morgan fingerprint density at radius 2 is 0.763 bits per heavy atom. The molecule has 2 saturated heterocycles. The van der Waals surface area contributed by atoms with Gasteiger partial charge in [0.05, 0.1) is 24.4 Å². The van der Waals surface area contributed by atoms with Gasteiger partial charge in [-0.05, 0) is 218 Å². The van der Waals surface area contributed by atoms with Crippen molar-refractivity contribution in [2.75, 3.05) is 0 Å². The molecule has 3 heteroatoms. The Morgan fingerprint density at radius 3 is 1.59 bits per heavy atom. The van der Waals surface area contributed by atoms with E-state index in [-0.39, 0.29) is 0 Å². The third-order valence-corrected chi connectivity index (χ3v) is 22.9. The Bertz CT molecular complexity index is 1380. The Labute approximate surface area is 363 Å². The summed E-state index contributed by atoms with van der Waals surface area (Å²) in [5, 5.41) is 0. The fraction of sp³-hybridized carbons (Fsp3) is 1.00. The summed E-state index contributed by atoms with van der Waals surface area (Å²) in [5.41, 5.74) is 0. The first kappa shape index (κ1) is 40.4. The van der Waals surface area contributed by atoms with Crippen LogP contribution in [-0.2, 0) is 9.47 Å². The summed E-state index contributed by atoms with van der Waals surface area (Å²) in [7, 11) is 0. The van der Waals surface area contributed by atoms with Gasteiger partial charge >= 0.3 is 0 Å². The smallest absolute Gasteiger partial charge is 0.0667 e. The summed E-state index contributed by atoms with van der Waals surface area (Å²) in [6.45, 7) is 0. The maximum Gasteiger partial charge on any atom is 0.0667 e. The van der Waals surface area contributed by atoms with E-state index in [1.807, 2.05) is 0 Å². The van der Waals surface area contributed by atoms with Crippen LogP contribution in [0.5, 0.6) is 0 Å².